The molecule has 4 heteroatoms. The average Bonchev–Trinajstić information content (AvgIpc) is 2.25. The zero-order valence-electron chi connectivity index (χ0n) is 11.1. The van der Waals surface area contributed by atoms with Gasteiger partial charge in [-0.3, -0.25) is 0 Å². The van der Waals surface area contributed by atoms with Crippen molar-refractivity contribution in [3.63, 3.8) is 0 Å². The molecule has 97 valence electrons. The third-order valence-corrected chi connectivity index (χ3v) is 9.46. The molecule has 0 saturated heterocycles. The molecule has 0 aliphatic heterocycles. The first-order valence-electron chi connectivity index (χ1n) is 5.93. The first-order chi connectivity index (χ1) is 7.56. The third kappa shape index (κ3) is 5.28. The molecule has 0 spiro atoms. The van der Waals surface area contributed by atoms with Crippen molar-refractivity contribution in [3.05, 3.63) is 29.8 Å². The van der Waals surface area contributed by atoms with E-state index < -0.39 is 20.2 Å². The Hall–Kier alpha value is 0.419. The Morgan fingerprint density at radius 2 is 1.82 bits per heavy atom. The first-order valence-corrected chi connectivity index (χ1v) is 10.5. The minimum atomic E-state index is -1.91. The van der Waals surface area contributed by atoms with Gasteiger partial charge in [-0.15, -0.1) is 17.0 Å². The van der Waals surface area contributed by atoms with E-state index in [0.717, 1.165) is 0 Å². The minimum absolute atomic E-state index is 0. The van der Waals surface area contributed by atoms with Crippen molar-refractivity contribution < 1.29 is 3.07 Å². The molecule has 1 aromatic carbocycles. The zero-order chi connectivity index (χ0) is 12.1. The predicted molar refractivity (Wildman–Crippen MR) is 81.5 cm³/mol. The fourth-order valence-corrected chi connectivity index (χ4v) is 7.93. The van der Waals surface area contributed by atoms with Gasteiger partial charge in [-0.05, 0) is 0 Å². The van der Waals surface area contributed by atoms with E-state index in [9.17, 15) is 0 Å². The van der Waals surface area contributed by atoms with Gasteiger partial charge in [-0.25, -0.2) is 0 Å². The van der Waals surface area contributed by atoms with Crippen molar-refractivity contribution in [2.75, 3.05) is 0 Å². The van der Waals surface area contributed by atoms with Crippen LogP contribution in [0.2, 0.25) is 4.44 Å². The standard InChI is InChI=1S/C8H10N.C3H7O.C2H5.BrH.Sn/c1-7(9)8-5-3-2-4-6-8;1-3(2)4;1-2;;/h2-5,7H,9H2,1H3;3H,1-2H3;1H2,2H3;1H;/q;-1;;;+1. The molecule has 1 radical (unpaired) electrons. The normalized spacial score (nSPS) is 12.6. The number of hydrogen-bond donors (Lipinski definition) is 1. The van der Waals surface area contributed by atoms with Gasteiger partial charge in [-0.1, -0.05) is 0 Å². The Morgan fingerprint density at radius 1 is 1.24 bits per heavy atom. The molecule has 0 fully saturated rings. The molecule has 1 aromatic rings. The second kappa shape index (κ2) is 8.51. The number of rotatable bonds is 5. The van der Waals surface area contributed by atoms with Crippen molar-refractivity contribution in [1.82, 2.24) is 0 Å². The van der Waals surface area contributed by atoms with Gasteiger partial charge in [-0.2, -0.15) is 0 Å². The summed E-state index contributed by atoms with van der Waals surface area (Å²) in [5.41, 5.74) is 7.29. The summed E-state index contributed by atoms with van der Waals surface area (Å²) in [7, 11) is 0. The number of benzene rings is 1. The molecule has 0 heterocycles. The summed E-state index contributed by atoms with van der Waals surface area (Å²) in [5, 5.41) is 0. The Morgan fingerprint density at radius 3 is 2.29 bits per heavy atom. The first kappa shape index (κ1) is 17.4. The SMILES string of the molecule is Br.C[CH2][Sn]([O]C(C)C)[c]1ccccc1C(C)N. The molecule has 0 saturated carbocycles. The molecule has 0 bridgehead atoms. The van der Waals surface area contributed by atoms with Gasteiger partial charge >= 0.3 is 107 Å². The predicted octanol–water partition coefficient (Wildman–Crippen LogP) is 2.93. The van der Waals surface area contributed by atoms with Crippen LogP contribution in [0.4, 0.5) is 0 Å². The van der Waals surface area contributed by atoms with Crippen LogP contribution in [0.3, 0.4) is 0 Å². The molecular weight excluding hydrogens is 385 g/mol. The van der Waals surface area contributed by atoms with Crippen LogP contribution in [0.1, 0.15) is 39.3 Å². The van der Waals surface area contributed by atoms with E-state index in [1.807, 2.05) is 6.92 Å². The molecule has 17 heavy (non-hydrogen) atoms. The third-order valence-electron chi connectivity index (χ3n) is 2.45. The molecule has 0 aliphatic rings. The van der Waals surface area contributed by atoms with E-state index in [0.29, 0.717) is 6.10 Å². The molecule has 0 amide bonds. The van der Waals surface area contributed by atoms with E-state index in [-0.39, 0.29) is 23.0 Å². The van der Waals surface area contributed by atoms with Gasteiger partial charge < -0.3 is 0 Å². The van der Waals surface area contributed by atoms with Gasteiger partial charge in [0.1, 0.15) is 0 Å². The van der Waals surface area contributed by atoms with Crippen LogP contribution in [-0.2, 0) is 3.07 Å². The van der Waals surface area contributed by atoms with E-state index in [1.54, 1.807) is 0 Å². The molecule has 2 nitrogen and oxygen atoms in total. The van der Waals surface area contributed by atoms with E-state index >= 15 is 0 Å². The van der Waals surface area contributed by atoms with Crippen molar-refractivity contribution in [2.45, 2.75) is 44.3 Å². The van der Waals surface area contributed by atoms with Crippen LogP contribution in [0.25, 0.3) is 0 Å². The summed E-state index contributed by atoms with van der Waals surface area (Å²) in [4.78, 5) is 0. The Kier molecular flexibility index (Phi) is 8.72. The summed E-state index contributed by atoms with van der Waals surface area (Å²) in [6.45, 7) is 8.51. The van der Waals surface area contributed by atoms with E-state index in [2.05, 4.69) is 45.0 Å². The van der Waals surface area contributed by atoms with Crippen LogP contribution >= 0.6 is 17.0 Å². The second-order valence-electron chi connectivity index (χ2n) is 4.32. The van der Waals surface area contributed by atoms with E-state index in [1.165, 1.54) is 13.6 Å². The molecule has 1 atom stereocenters. The monoisotopic (exact) mass is 408 g/mol. The van der Waals surface area contributed by atoms with Crippen LogP contribution in [0.15, 0.2) is 24.3 Å². The van der Waals surface area contributed by atoms with Crippen molar-refractivity contribution in [3.8, 4) is 0 Å². The molecule has 1 unspecified atom stereocenters. The Balaban J connectivity index is 0.00000256. The maximum absolute atomic E-state index is 6.12. The topological polar surface area (TPSA) is 35.2 Å². The number of hydrogen-bond acceptors (Lipinski definition) is 2. The summed E-state index contributed by atoms with van der Waals surface area (Å²) in [6.07, 6.45) is 0.329. The van der Waals surface area contributed by atoms with Gasteiger partial charge in [0, 0.05) is 0 Å². The van der Waals surface area contributed by atoms with Gasteiger partial charge in [0.05, 0.1) is 0 Å². The average molecular weight is 408 g/mol. The van der Waals surface area contributed by atoms with Crippen molar-refractivity contribution in [2.24, 2.45) is 5.73 Å². The van der Waals surface area contributed by atoms with Crippen molar-refractivity contribution in [1.29, 1.82) is 0 Å². The summed E-state index contributed by atoms with van der Waals surface area (Å²) in [6, 6.07) is 8.61. The summed E-state index contributed by atoms with van der Waals surface area (Å²) in [5.74, 6) is 0. The molecule has 1 rings (SSSR count). The zero-order valence-corrected chi connectivity index (χ0v) is 15.6. The molecular formula is C13H23BrNOSn. The second-order valence-corrected chi connectivity index (χ2v) is 11.0. The molecule has 0 aliphatic carbocycles. The van der Waals surface area contributed by atoms with Crippen LogP contribution in [-0.4, -0.2) is 26.3 Å². The quantitative estimate of drug-likeness (QED) is 0.762. The van der Waals surface area contributed by atoms with Gasteiger partial charge in [0.2, 0.25) is 0 Å². The summed E-state index contributed by atoms with van der Waals surface area (Å²) < 4.78 is 8.72. The Bertz CT molecular complexity index is 331. The van der Waals surface area contributed by atoms with Crippen molar-refractivity contribution >= 4 is 40.7 Å². The van der Waals surface area contributed by atoms with E-state index in [4.69, 9.17) is 8.81 Å². The van der Waals surface area contributed by atoms with Crippen LogP contribution in [0, 0.1) is 0 Å². The van der Waals surface area contributed by atoms with Crippen LogP contribution < -0.4 is 9.31 Å². The Labute approximate surface area is 123 Å². The fourth-order valence-electron chi connectivity index (χ4n) is 1.77. The molecule has 0 aromatic heterocycles. The fraction of sp³-hybridized carbons (Fsp3) is 0.538. The summed E-state index contributed by atoms with van der Waals surface area (Å²) >= 11 is -1.91. The molecule has 2 N–H and O–H groups in total. The number of halogens is 1. The van der Waals surface area contributed by atoms with Gasteiger partial charge in [0.25, 0.3) is 0 Å². The maximum atomic E-state index is 6.12. The van der Waals surface area contributed by atoms with Gasteiger partial charge in [0.15, 0.2) is 0 Å². The van der Waals surface area contributed by atoms with Crippen LogP contribution in [0.5, 0.6) is 0 Å². The number of nitrogens with two attached hydrogens (primary N) is 1.